The summed E-state index contributed by atoms with van der Waals surface area (Å²) < 4.78 is 5.48. The lowest BCUT2D eigenvalue weighted by Crippen LogP contribution is -2.35. The first-order chi connectivity index (χ1) is 14.8. The largest absolute Gasteiger partial charge is 0.376 e. The Balaban J connectivity index is 1.40. The minimum Gasteiger partial charge on any atom is -0.376 e. The summed E-state index contributed by atoms with van der Waals surface area (Å²) in [7, 11) is 0. The van der Waals surface area contributed by atoms with Gasteiger partial charge >= 0.3 is 12.1 Å². The van der Waals surface area contributed by atoms with Crippen molar-refractivity contribution in [1.82, 2.24) is 10.6 Å². The number of anilines is 2. The van der Waals surface area contributed by atoms with Crippen LogP contribution in [0.25, 0.3) is 0 Å². The molecule has 0 aromatic heterocycles. The molecule has 4 amide bonds. The number of hydrogen-bond donors (Lipinski definition) is 4. The molecule has 2 aromatic carbocycles. The topological polar surface area (TPSA) is 91.5 Å². The Labute approximate surface area is 183 Å². The van der Waals surface area contributed by atoms with E-state index in [1.165, 1.54) is 5.56 Å². The van der Waals surface area contributed by atoms with E-state index in [2.05, 4.69) is 54.2 Å². The van der Waals surface area contributed by atoms with Gasteiger partial charge in [-0.1, -0.05) is 45.0 Å². The molecule has 1 saturated heterocycles. The van der Waals surface area contributed by atoms with Gasteiger partial charge in [-0.3, -0.25) is 0 Å². The van der Waals surface area contributed by atoms with Gasteiger partial charge in [-0.2, -0.15) is 0 Å². The van der Waals surface area contributed by atoms with Crippen molar-refractivity contribution in [1.29, 1.82) is 0 Å². The van der Waals surface area contributed by atoms with Crippen molar-refractivity contribution in [2.24, 2.45) is 0 Å². The maximum Gasteiger partial charge on any atom is 0.319 e. The number of carbonyl (C=O) groups is 2. The zero-order valence-corrected chi connectivity index (χ0v) is 18.5. The molecule has 7 nitrogen and oxygen atoms in total. The van der Waals surface area contributed by atoms with Crippen molar-refractivity contribution in [3.8, 4) is 0 Å². The minimum absolute atomic E-state index is 0.104. The molecule has 0 radical (unpaired) electrons. The fourth-order valence-corrected chi connectivity index (χ4v) is 3.30. The lowest BCUT2D eigenvalue weighted by molar-refractivity contribution is 0.112. The Bertz CT molecular complexity index is 867. The van der Waals surface area contributed by atoms with Crippen LogP contribution in [0, 0.1) is 0 Å². The highest BCUT2D eigenvalue weighted by Crippen LogP contribution is 2.22. The Kier molecular flexibility index (Phi) is 7.52. The van der Waals surface area contributed by atoms with Gasteiger partial charge in [-0.25, -0.2) is 9.59 Å². The fourth-order valence-electron chi connectivity index (χ4n) is 3.30. The molecule has 0 bridgehead atoms. The third-order valence-corrected chi connectivity index (χ3v) is 5.19. The molecule has 7 heteroatoms. The molecule has 0 spiro atoms. The van der Waals surface area contributed by atoms with E-state index in [1.807, 2.05) is 12.1 Å². The number of nitrogens with one attached hydrogen (secondary N) is 4. The van der Waals surface area contributed by atoms with Crippen LogP contribution in [0.5, 0.6) is 0 Å². The second-order valence-corrected chi connectivity index (χ2v) is 8.80. The van der Waals surface area contributed by atoms with Gasteiger partial charge in [-0.05, 0) is 53.6 Å². The van der Waals surface area contributed by atoms with Crippen LogP contribution < -0.4 is 21.3 Å². The number of carbonyl (C=O) groups excluding carboxylic acids is 2. The molecule has 1 atom stereocenters. The van der Waals surface area contributed by atoms with Crippen molar-refractivity contribution < 1.29 is 14.3 Å². The molecular weight excluding hydrogens is 392 g/mol. The molecule has 0 saturated carbocycles. The predicted octanol–water partition coefficient (Wildman–Crippen LogP) is 4.61. The summed E-state index contributed by atoms with van der Waals surface area (Å²) in [5.41, 5.74) is 3.70. The second-order valence-electron chi connectivity index (χ2n) is 8.80. The molecule has 0 aliphatic carbocycles. The first-order valence-corrected chi connectivity index (χ1v) is 10.7. The van der Waals surface area contributed by atoms with Crippen LogP contribution >= 0.6 is 0 Å². The van der Waals surface area contributed by atoms with Gasteiger partial charge in [0, 0.05) is 31.1 Å². The third kappa shape index (κ3) is 7.29. The first-order valence-electron chi connectivity index (χ1n) is 10.7. The molecule has 1 unspecified atom stereocenters. The number of amides is 4. The summed E-state index contributed by atoms with van der Waals surface area (Å²) in [6, 6.07) is 14.7. The van der Waals surface area contributed by atoms with Crippen LogP contribution in [-0.2, 0) is 16.7 Å². The molecular formula is C24H32N4O3. The Morgan fingerprint density at radius 3 is 2.00 bits per heavy atom. The van der Waals surface area contributed by atoms with Crippen LogP contribution in [0.3, 0.4) is 0 Å². The highest BCUT2D eigenvalue weighted by atomic mass is 16.5. The average Bonchev–Trinajstić information content (AvgIpc) is 3.26. The van der Waals surface area contributed by atoms with Gasteiger partial charge < -0.3 is 26.0 Å². The van der Waals surface area contributed by atoms with Crippen LogP contribution in [0.4, 0.5) is 21.0 Å². The first kappa shape index (κ1) is 22.6. The predicted molar refractivity (Wildman–Crippen MR) is 123 cm³/mol. The minimum atomic E-state index is -0.282. The van der Waals surface area contributed by atoms with Crippen LogP contribution in [0.1, 0.15) is 44.7 Å². The van der Waals surface area contributed by atoms with Gasteiger partial charge in [0.15, 0.2) is 0 Å². The van der Waals surface area contributed by atoms with E-state index in [4.69, 9.17) is 4.74 Å². The summed E-state index contributed by atoms with van der Waals surface area (Å²) in [6.45, 7) is 8.23. The summed E-state index contributed by atoms with van der Waals surface area (Å²) in [6.07, 6.45) is 2.12. The second kappa shape index (κ2) is 10.3. The number of rotatable bonds is 6. The van der Waals surface area contributed by atoms with Gasteiger partial charge in [0.2, 0.25) is 0 Å². The van der Waals surface area contributed by atoms with Crippen molar-refractivity contribution in [3.63, 3.8) is 0 Å². The number of benzene rings is 2. The van der Waals surface area contributed by atoms with E-state index in [0.29, 0.717) is 24.5 Å². The van der Waals surface area contributed by atoms with Crippen LogP contribution in [-0.4, -0.2) is 31.3 Å². The van der Waals surface area contributed by atoms with E-state index < -0.39 is 0 Å². The number of urea groups is 2. The average molecular weight is 425 g/mol. The SMILES string of the molecule is CC(C)(C)c1ccc(CNC(=O)Nc2ccc(NC(=O)NCC3CCCO3)cc2)cc1. The molecule has 166 valence electrons. The maximum atomic E-state index is 12.2. The Morgan fingerprint density at radius 1 is 0.903 bits per heavy atom. The van der Waals surface area contributed by atoms with Crippen molar-refractivity contribution in [2.45, 2.75) is 51.7 Å². The highest BCUT2D eigenvalue weighted by molar-refractivity contribution is 5.91. The van der Waals surface area contributed by atoms with Gasteiger partial charge in [0.05, 0.1) is 6.10 Å². The number of ether oxygens (including phenoxy) is 1. The van der Waals surface area contributed by atoms with E-state index >= 15 is 0 Å². The Hall–Kier alpha value is -3.06. The molecule has 1 fully saturated rings. The van der Waals surface area contributed by atoms with E-state index in [0.717, 1.165) is 25.0 Å². The van der Waals surface area contributed by atoms with E-state index in [1.54, 1.807) is 24.3 Å². The summed E-state index contributed by atoms with van der Waals surface area (Å²) in [4.78, 5) is 24.1. The molecule has 1 aliphatic heterocycles. The zero-order chi connectivity index (χ0) is 22.3. The van der Waals surface area contributed by atoms with Crippen LogP contribution in [0.2, 0.25) is 0 Å². The zero-order valence-electron chi connectivity index (χ0n) is 18.5. The molecule has 3 rings (SSSR count). The monoisotopic (exact) mass is 424 g/mol. The molecule has 31 heavy (non-hydrogen) atoms. The molecule has 1 aliphatic rings. The maximum absolute atomic E-state index is 12.2. The standard InChI is InChI=1S/C24H32N4O3/c1-24(2,3)18-8-6-17(7-9-18)15-25-22(29)27-19-10-12-20(13-11-19)28-23(30)26-16-21-5-4-14-31-21/h6-13,21H,4-5,14-16H2,1-3H3,(H2,25,27,29)(H2,26,28,30). The third-order valence-electron chi connectivity index (χ3n) is 5.19. The fraction of sp³-hybridized carbons (Fsp3) is 0.417. The molecule has 1 heterocycles. The quantitative estimate of drug-likeness (QED) is 0.546. The van der Waals surface area contributed by atoms with E-state index in [9.17, 15) is 9.59 Å². The van der Waals surface area contributed by atoms with E-state index in [-0.39, 0.29) is 23.6 Å². The summed E-state index contributed by atoms with van der Waals surface area (Å²) >= 11 is 0. The lowest BCUT2D eigenvalue weighted by atomic mass is 9.87. The molecule has 4 N–H and O–H groups in total. The van der Waals surface area contributed by atoms with Crippen LogP contribution in [0.15, 0.2) is 48.5 Å². The smallest absolute Gasteiger partial charge is 0.319 e. The summed E-state index contributed by atoms with van der Waals surface area (Å²) in [5.74, 6) is 0. The Morgan fingerprint density at radius 2 is 1.48 bits per heavy atom. The van der Waals surface area contributed by atoms with Gasteiger partial charge in [0.1, 0.15) is 0 Å². The van der Waals surface area contributed by atoms with Gasteiger partial charge in [0.25, 0.3) is 0 Å². The summed E-state index contributed by atoms with van der Waals surface area (Å²) in [5, 5.41) is 11.2. The van der Waals surface area contributed by atoms with Crippen molar-refractivity contribution >= 4 is 23.4 Å². The highest BCUT2D eigenvalue weighted by Gasteiger charge is 2.16. The molecule has 2 aromatic rings. The number of hydrogen-bond acceptors (Lipinski definition) is 3. The van der Waals surface area contributed by atoms with Crippen molar-refractivity contribution in [3.05, 3.63) is 59.7 Å². The lowest BCUT2D eigenvalue weighted by Gasteiger charge is -2.19. The van der Waals surface area contributed by atoms with Crippen molar-refractivity contribution in [2.75, 3.05) is 23.8 Å². The normalized spacial score (nSPS) is 15.9. The van der Waals surface area contributed by atoms with Gasteiger partial charge in [-0.15, -0.1) is 0 Å².